The third kappa shape index (κ3) is 3.73. The van der Waals surface area contributed by atoms with Gasteiger partial charge >= 0.3 is 0 Å². The molecule has 0 N–H and O–H groups in total. The van der Waals surface area contributed by atoms with Crippen molar-refractivity contribution in [3.05, 3.63) is 47.5 Å². The van der Waals surface area contributed by atoms with Crippen LogP contribution < -0.4 is 0 Å². The number of rotatable bonds is 6. The fourth-order valence-corrected chi connectivity index (χ4v) is 3.32. The first-order valence-electron chi connectivity index (χ1n) is 8.01. The second-order valence-electron chi connectivity index (χ2n) is 5.89. The van der Waals surface area contributed by atoms with Crippen LogP contribution in [0.1, 0.15) is 25.3 Å². The van der Waals surface area contributed by atoms with Crippen molar-refractivity contribution in [3.8, 4) is 0 Å². The highest BCUT2D eigenvalue weighted by Crippen LogP contribution is 2.29. The zero-order chi connectivity index (χ0) is 14.5. The highest BCUT2D eigenvalue weighted by molar-refractivity contribution is 5.20. The molecule has 21 heavy (non-hydrogen) atoms. The van der Waals surface area contributed by atoms with Crippen molar-refractivity contribution in [1.82, 2.24) is 4.90 Å². The summed E-state index contributed by atoms with van der Waals surface area (Å²) in [5.74, 6) is 0. The van der Waals surface area contributed by atoms with E-state index in [1.165, 1.54) is 5.56 Å². The standard InChI is InChI=1S/C18H25NO2/c1-2-20-9-8-16-10-17-13-21-14-18(11-16)19(17)12-15-6-4-3-5-7-15/h3-7,10,17-18H,2,8-9,11-14H2,1H3. The molecule has 0 aliphatic carbocycles. The molecule has 3 heteroatoms. The molecular formula is C18H25NO2. The summed E-state index contributed by atoms with van der Waals surface area (Å²) in [6.45, 7) is 6.41. The van der Waals surface area contributed by atoms with E-state index in [0.717, 1.165) is 45.8 Å². The van der Waals surface area contributed by atoms with Crippen LogP contribution in [0.4, 0.5) is 0 Å². The van der Waals surface area contributed by atoms with Crippen LogP contribution in [0.3, 0.4) is 0 Å². The number of morpholine rings is 1. The minimum atomic E-state index is 0.425. The first kappa shape index (κ1) is 14.8. The highest BCUT2D eigenvalue weighted by Gasteiger charge is 2.34. The Kier molecular flexibility index (Phi) is 5.07. The average Bonchev–Trinajstić information content (AvgIpc) is 2.49. The van der Waals surface area contributed by atoms with Crippen molar-refractivity contribution < 1.29 is 9.47 Å². The molecule has 0 saturated carbocycles. The summed E-state index contributed by atoms with van der Waals surface area (Å²) < 4.78 is 11.3. The smallest absolute Gasteiger partial charge is 0.0658 e. The lowest BCUT2D eigenvalue weighted by Crippen LogP contribution is -2.53. The minimum absolute atomic E-state index is 0.425. The highest BCUT2D eigenvalue weighted by atomic mass is 16.5. The molecule has 1 aromatic carbocycles. The van der Waals surface area contributed by atoms with E-state index in [1.807, 2.05) is 0 Å². The van der Waals surface area contributed by atoms with Crippen molar-refractivity contribution in [3.63, 3.8) is 0 Å². The number of ether oxygens (including phenoxy) is 2. The predicted octanol–water partition coefficient (Wildman–Crippen LogP) is 3.01. The Bertz CT molecular complexity index is 471. The Hall–Kier alpha value is -1.16. The molecule has 1 aromatic rings. The number of nitrogens with zero attached hydrogens (tertiary/aromatic N) is 1. The normalized spacial score (nSPS) is 25.7. The second-order valence-corrected chi connectivity index (χ2v) is 5.89. The van der Waals surface area contributed by atoms with Gasteiger partial charge in [0.25, 0.3) is 0 Å². The summed E-state index contributed by atoms with van der Waals surface area (Å²) in [6.07, 6.45) is 4.61. The zero-order valence-corrected chi connectivity index (χ0v) is 12.8. The molecule has 114 valence electrons. The molecule has 3 rings (SSSR count). The molecule has 2 atom stereocenters. The van der Waals surface area contributed by atoms with E-state index in [2.05, 4.69) is 48.2 Å². The quantitative estimate of drug-likeness (QED) is 0.593. The molecule has 2 heterocycles. The number of fused-ring (bicyclic) bond motifs is 2. The Balaban J connectivity index is 1.66. The van der Waals surface area contributed by atoms with Crippen molar-refractivity contribution in [2.24, 2.45) is 0 Å². The number of benzene rings is 1. The van der Waals surface area contributed by atoms with Crippen molar-refractivity contribution in [2.75, 3.05) is 26.4 Å². The fraction of sp³-hybridized carbons (Fsp3) is 0.556. The van der Waals surface area contributed by atoms with E-state index in [4.69, 9.17) is 9.47 Å². The van der Waals surface area contributed by atoms with Crippen molar-refractivity contribution in [2.45, 2.75) is 38.4 Å². The first-order valence-corrected chi connectivity index (χ1v) is 8.01. The van der Waals surface area contributed by atoms with Crippen molar-refractivity contribution >= 4 is 0 Å². The monoisotopic (exact) mass is 287 g/mol. The maximum Gasteiger partial charge on any atom is 0.0658 e. The van der Waals surface area contributed by atoms with Gasteiger partial charge in [0.05, 0.1) is 25.9 Å². The zero-order valence-electron chi connectivity index (χ0n) is 12.8. The van der Waals surface area contributed by atoms with Gasteiger partial charge in [0.2, 0.25) is 0 Å². The van der Waals surface area contributed by atoms with E-state index < -0.39 is 0 Å². The van der Waals surface area contributed by atoms with Gasteiger partial charge in [-0.15, -0.1) is 0 Å². The largest absolute Gasteiger partial charge is 0.381 e. The molecule has 1 saturated heterocycles. The third-order valence-electron chi connectivity index (χ3n) is 4.40. The lowest BCUT2D eigenvalue weighted by Gasteiger charge is -2.44. The van der Waals surface area contributed by atoms with Crippen molar-refractivity contribution in [1.29, 1.82) is 0 Å². The summed E-state index contributed by atoms with van der Waals surface area (Å²) in [7, 11) is 0. The van der Waals surface area contributed by atoms with E-state index in [1.54, 1.807) is 5.57 Å². The van der Waals surface area contributed by atoms with Crippen LogP contribution in [0, 0.1) is 0 Å². The summed E-state index contributed by atoms with van der Waals surface area (Å²) in [6, 6.07) is 11.7. The molecule has 2 unspecified atom stereocenters. The van der Waals surface area contributed by atoms with E-state index >= 15 is 0 Å². The summed E-state index contributed by atoms with van der Waals surface area (Å²) in [5.41, 5.74) is 2.94. The molecule has 0 radical (unpaired) electrons. The number of hydrogen-bond donors (Lipinski definition) is 0. The molecule has 0 spiro atoms. The average molecular weight is 287 g/mol. The van der Waals surface area contributed by atoms with Gasteiger partial charge in [0.15, 0.2) is 0 Å². The van der Waals surface area contributed by atoms with Crippen LogP contribution in [0.2, 0.25) is 0 Å². The van der Waals surface area contributed by atoms with E-state index in [-0.39, 0.29) is 0 Å². The molecule has 2 bridgehead atoms. The third-order valence-corrected chi connectivity index (χ3v) is 4.40. The lowest BCUT2D eigenvalue weighted by molar-refractivity contribution is -0.0446. The van der Waals surface area contributed by atoms with Gasteiger partial charge < -0.3 is 9.47 Å². The Morgan fingerprint density at radius 2 is 2.10 bits per heavy atom. The molecule has 2 aliphatic rings. The lowest BCUT2D eigenvalue weighted by atomic mass is 9.92. The predicted molar refractivity (Wildman–Crippen MR) is 84.2 cm³/mol. The molecule has 3 nitrogen and oxygen atoms in total. The van der Waals surface area contributed by atoms with Gasteiger partial charge in [0, 0.05) is 19.2 Å². The van der Waals surface area contributed by atoms with Crippen LogP contribution in [-0.2, 0) is 16.0 Å². The summed E-state index contributed by atoms with van der Waals surface area (Å²) in [4.78, 5) is 2.60. The van der Waals surface area contributed by atoms with Gasteiger partial charge in [0.1, 0.15) is 0 Å². The van der Waals surface area contributed by atoms with Gasteiger partial charge in [-0.3, -0.25) is 4.90 Å². The summed E-state index contributed by atoms with van der Waals surface area (Å²) >= 11 is 0. The van der Waals surface area contributed by atoms with Gasteiger partial charge in [-0.1, -0.05) is 42.0 Å². The van der Waals surface area contributed by atoms with Gasteiger partial charge in [-0.25, -0.2) is 0 Å². The van der Waals surface area contributed by atoms with Crippen LogP contribution in [0.5, 0.6) is 0 Å². The van der Waals surface area contributed by atoms with E-state index in [0.29, 0.717) is 12.1 Å². The number of hydrogen-bond acceptors (Lipinski definition) is 3. The van der Waals surface area contributed by atoms with Crippen LogP contribution in [0.15, 0.2) is 42.0 Å². The molecule has 0 aromatic heterocycles. The molecular weight excluding hydrogens is 262 g/mol. The van der Waals surface area contributed by atoms with Crippen LogP contribution >= 0.6 is 0 Å². The Morgan fingerprint density at radius 1 is 1.24 bits per heavy atom. The van der Waals surface area contributed by atoms with Gasteiger partial charge in [-0.05, 0) is 25.3 Å². The maximum atomic E-state index is 5.76. The minimum Gasteiger partial charge on any atom is -0.381 e. The second kappa shape index (κ2) is 7.21. The van der Waals surface area contributed by atoms with Crippen LogP contribution in [-0.4, -0.2) is 43.4 Å². The molecule has 2 aliphatic heterocycles. The van der Waals surface area contributed by atoms with E-state index in [9.17, 15) is 0 Å². The Morgan fingerprint density at radius 3 is 2.86 bits per heavy atom. The molecule has 0 amide bonds. The molecule has 1 fully saturated rings. The fourth-order valence-electron chi connectivity index (χ4n) is 3.32. The Labute approximate surface area is 127 Å². The summed E-state index contributed by atoms with van der Waals surface area (Å²) in [5, 5.41) is 0. The topological polar surface area (TPSA) is 21.7 Å². The first-order chi connectivity index (χ1) is 10.4. The SMILES string of the molecule is CCOCCC1=CC2COCC(C1)N2Cc1ccccc1. The van der Waals surface area contributed by atoms with Crippen LogP contribution in [0.25, 0.3) is 0 Å². The van der Waals surface area contributed by atoms with Gasteiger partial charge in [-0.2, -0.15) is 0 Å². The maximum absolute atomic E-state index is 5.76.